The first kappa shape index (κ1) is 19.3. The number of carbonyl (C=O) groups is 1. The van der Waals surface area contributed by atoms with Gasteiger partial charge in [-0.15, -0.1) is 0 Å². The van der Waals surface area contributed by atoms with Gasteiger partial charge in [-0.1, -0.05) is 18.2 Å². The highest BCUT2D eigenvalue weighted by Crippen LogP contribution is 2.46. The highest BCUT2D eigenvalue weighted by Gasteiger charge is 2.33. The van der Waals surface area contributed by atoms with Gasteiger partial charge in [-0.3, -0.25) is 14.9 Å². The number of nitro benzene ring substituents is 1. The molecule has 9 nitrogen and oxygen atoms in total. The smallest absolute Gasteiger partial charge is 0.327 e. The number of carbonyl (C=O) groups excluding carboxylic acids is 1. The monoisotopic (exact) mass is 388 g/mol. The van der Waals surface area contributed by atoms with E-state index in [0.717, 1.165) is 11.3 Å². The lowest BCUT2D eigenvalue weighted by atomic mass is 10.1. The summed E-state index contributed by atoms with van der Waals surface area (Å²) in [5.41, 5.74) is 0.379. The zero-order chi connectivity index (χ0) is 20.3. The minimum atomic E-state index is -0.683. The van der Waals surface area contributed by atoms with E-state index in [9.17, 15) is 14.9 Å². The number of nitrogens with zero attached hydrogens (tertiary/aromatic N) is 1. The van der Waals surface area contributed by atoms with Crippen LogP contribution in [-0.4, -0.2) is 44.8 Å². The summed E-state index contributed by atoms with van der Waals surface area (Å²) in [6.07, 6.45) is 0.399. The van der Waals surface area contributed by atoms with E-state index in [1.807, 2.05) is 24.3 Å². The first-order valence-electron chi connectivity index (χ1n) is 8.50. The van der Waals surface area contributed by atoms with Gasteiger partial charge in [0.1, 0.15) is 17.4 Å². The van der Waals surface area contributed by atoms with Gasteiger partial charge in [0.2, 0.25) is 11.5 Å². The third-order valence-electron chi connectivity index (χ3n) is 4.44. The Morgan fingerprint density at radius 1 is 1.21 bits per heavy atom. The van der Waals surface area contributed by atoms with Gasteiger partial charge in [-0.05, 0) is 11.6 Å². The number of amides is 1. The molecule has 0 saturated carbocycles. The van der Waals surface area contributed by atoms with Crippen LogP contribution in [0.2, 0.25) is 0 Å². The fourth-order valence-electron chi connectivity index (χ4n) is 3.16. The number of hydrogen-bond acceptors (Lipinski definition) is 7. The Morgan fingerprint density at radius 2 is 1.93 bits per heavy atom. The SMILES string of the molecule is COc1cc(C(=O)NCC2Cc3ccccc3O2)c([N+](=O)[O-])c(OC)c1OC. The number of ether oxygens (including phenoxy) is 4. The standard InChI is InChI=1S/C19H20N2O7/c1-25-15-9-13(16(21(23)24)18(27-3)17(15)26-2)19(22)20-10-12-8-11-6-4-5-7-14(11)28-12/h4-7,9,12H,8,10H2,1-3H3,(H,20,22). The van der Waals surface area contributed by atoms with E-state index in [1.165, 1.54) is 27.4 Å². The third-order valence-corrected chi connectivity index (χ3v) is 4.44. The third kappa shape index (κ3) is 3.51. The van der Waals surface area contributed by atoms with Crippen molar-refractivity contribution in [3.8, 4) is 23.0 Å². The van der Waals surface area contributed by atoms with E-state index >= 15 is 0 Å². The molecule has 9 heteroatoms. The summed E-state index contributed by atoms with van der Waals surface area (Å²) in [6.45, 7) is 0.196. The van der Waals surface area contributed by atoms with Crippen molar-refractivity contribution in [2.24, 2.45) is 0 Å². The van der Waals surface area contributed by atoms with Crippen molar-refractivity contribution < 1.29 is 28.7 Å². The first-order chi connectivity index (χ1) is 13.5. The number of methoxy groups -OCH3 is 3. The molecule has 28 heavy (non-hydrogen) atoms. The maximum absolute atomic E-state index is 12.7. The number of nitro groups is 1. The number of para-hydroxylation sites is 1. The lowest BCUT2D eigenvalue weighted by molar-refractivity contribution is -0.386. The van der Waals surface area contributed by atoms with E-state index < -0.39 is 16.5 Å². The number of nitrogens with one attached hydrogen (secondary N) is 1. The molecule has 1 atom stereocenters. The van der Waals surface area contributed by atoms with Crippen molar-refractivity contribution in [3.63, 3.8) is 0 Å². The average molecular weight is 388 g/mol. The Balaban J connectivity index is 1.84. The van der Waals surface area contributed by atoms with Crippen LogP contribution in [-0.2, 0) is 6.42 Å². The molecular formula is C19H20N2O7. The second-order valence-electron chi connectivity index (χ2n) is 6.06. The average Bonchev–Trinajstić information content (AvgIpc) is 3.12. The predicted molar refractivity (Wildman–Crippen MR) is 99.6 cm³/mol. The van der Waals surface area contributed by atoms with Crippen molar-refractivity contribution in [2.45, 2.75) is 12.5 Å². The summed E-state index contributed by atoms with van der Waals surface area (Å²) in [4.78, 5) is 23.6. The van der Waals surface area contributed by atoms with Crippen molar-refractivity contribution >= 4 is 11.6 Å². The topological polar surface area (TPSA) is 109 Å². The lowest BCUT2D eigenvalue weighted by Gasteiger charge is -2.16. The van der Waals surface area contributed by atoms with Gasteiger partial charge in [0, 0.05) is 12.5 Å². The maximum Gasteiger partial charge on any atom is 0.327 e. The molecule has 0 saturated heterocycles. The molecular weight excluding hydrogens is 368 g/mol. The van der Waals surface area contributed by atoms with Gasteiger partial charge in [0.05, 0.1) is 32.8 Å². The van der Waals surface area contributed by atoms with E-state index in [-0.39, 0.29) is 35.5 Å². The Morgan fingerprint density at radius 3 is 2.54 bits per heavy atom. The van der Waals surface area contributed by atoms with E-state index in [4.69, 9.17) is 18.9 Å². The molecule has 1 heterocycles. The maximum atomic E-state index is 12.7. The van der Waals surface area contributed by atoms with Gasteiger partial charge >= 0.3 is 5.69 Å². The number of benzene rings is 2. The molecule has 0 spiro atoms. The van der Waals surface area contributed by atoms with Crippen LogP contribution in [0.15, 0.2) is 30.3 Å². The van der Waals surface area contributed by atoms with Gasteiger partial charge in [-0.2, -0.15) is 0 Å². The molecule has 148 valence electrons. The number of hydrogen-bond donors (Lipinski definition) is 1. The summed E-state index contributed by atoms with van der Waals surface area (Å²) in [6, 6.07) is 8.88. The Hall–Kier alpha value is -3.49. The van der Waals surface area contributed by atoms with Crippen LogP contribution in [0.25, 0.3) is 0 Å². The molecule has 0 bridgehead atoms. The lowest BCUT2D eigenvalue weighted by Crippen LogP contribution is -2.34. The minimum Gasteiger partial charge on any atom is -0.493 e. The summed E-state index contributed by atoms with van der Waals surface area (Å²) in [5.74, 6) is 0.162. The van der Waals surface area contributed by atoms with Gasteiger partial charge in [-0.25, -0.2) is 0 Å². The molecule has 2 aromatic carbocycles. The van der Waals surface area contributed by atoms with Crippen molar-refractivity contribution in [1.82, 2.24) is 5.32 Å². The molecule has 1 N–H and O–H groups in total. The molecule has 0 aromatic heterocycles. The molecule has 2 aromatic rings. The zero-order valence-corrected chi connectivity index (χ0v) is 15.7. The normalized spacial score (nSPS) is 14.6. The van der Waals surface area contributed by atoms with Crippen LogP contribution >= 0.6 is 0 Å². The van der Waals surface area contributed by atoms with Crippen molar-refractivity contribution in [3.05, 3.63) is 51.6 Å². The van der Waals surface area contributed by atoms with Crippen LogP contribution in [0.5, 0.6) is 23.0 Å². The molecule has 0 fully saturated rings. The van der Waals surface area contributed by atoms with Crippen LogP contribution < -0.4 is 24.3 Å². The molecule has 3 rings (SSSR count). The Bertz CT molecular complexity index is 888. The van der Waals surface area contributed by atoms with Crippen molar-refractivity contribution in [2.75, 3.05) is 27.9 Å². The van der Waals surface area contributed by atoms with Crippen LogP contribution in [0.1, 0.15) is 15.9 Å². The summed E-state index contributed by atoms with van der Waals surface area (Å²) in [5, 5.41) is 14.3. The summed E-state index contributed by atoms with van der Waals surface area (Å²) >= 11 is 0. The molecule has 1 aliphatic heterocycles. The fraction of sp³-hybridized carbons (Fsp3) is 0.316. The molecule has 0 aliphatic carbocycles. The second-order valence-corrected chi connectivity index (χ2v) is 6.06. The number of rotatable bonds is 7. The molecule has 0 radical (unpaired) electrons. The first-order valence-corrected chi connectivity index (χ1v) is 8.50. The van der Waals surface area contributed by atoms with E-state index in [1.54, 1.807) is 0 Å². The van der Waals surface area contributed by atoms with Crippen LogP contribution in [0.3, 0.4) is 0 Å². The minimum absolute atomic E-state index is 0.0443. The summed E-state index contributed by atoms with van der Waals surface area (Å²) < 4.78 is 21.3. The van der Waals surface area contributed by atoms with E-state index in [0.29, 0.717) is 6.42 Å². The fourth-order valence-corrected chi connectivity index (χ4v) is 3.16. The van der Waals surface area contributed by atoms with Gasteiger partial charge in [0.25, 0.3) is 5.91 Å². The Kier molecular flexibility index (Phi) is 5.53. The van der Waals surface area contributed by atoms with Gasteiger partial charge < -0.3 is 24.3 Å². The highest BCUT2D eigenvalue weighted by atomic mass is 16.6. The predicted octanol–water partition coefficient (Wildman–Crippen LogP) is 2.35. The number of fused-ring (bicyclic) bond motifs is 1. The zero-order valence-electron chi connectivity index (χ0n) is 15.7. The Labute approximate surface area is 161 Å². The highest BCUT2D eigenvalue weighted by molar-refractivity contribution is 6.00. The molecule has 1 aliphatic rings. The molecule has 1 unspecified atom stereocenters. The van der Waals surface area contributed by atoms with Crippen LogP contribution in [0, 0.1) is 10.1 Å². The van der Waals surface area contributed by atoms with Crippen molar-refractivity contribution in [1.29, 1.82) is 0 Å². The summed E-state index contributed by atoms with van der Waals surface area (Å²) in [7, 11) is 3.96. The van der Waals surface area contributed by atoms with Crippen LogP contribution in [0.4, 0.5) is 5.69 Å². The quantitative estimate of drug-likeness (QED) is 0.573. The second kappa shape index (κ2) is 8.03. The van der Waals surface area contributed by atoms with Gasteiger partial charge in [0.15, 0.2) is 5.75 Å². The van der Waals surface area contributed by atoms with E-state index in [2.05, 4.69) is 5.32 Å². The largest absolute Gasteiger partial charge is 0.493 e. The molecule has 1 amide bonds.